The van der Waals surface area contributed by atoms with E-state index in [-0.39, 0.29) is 12.2 Å². The van der Waals surface area contributed by atoms with Gasteiger partial charge in [-0.05, 0) is 13.8 Å². The molecule has 1 amide bonds. The van der Waals surface area contributed by atoms with E-state index >= 15 is 0 Å². The second kappa shape index (κ2) is 5.35. The molecule has 17 heavy (non-hydrogen) atoms. The Morgan fingerprint density at radius 2 is 2.12 bits per heavy atom. The molecule has 1 aromatic rings. The van der Waals surface area contributed by atoms with E-state index in [9.17, 15) is 4.79 Å². The Balaban J connectivity index is 1.84. The molecular weight excluding hydrogens is 238 g/mol. The number of anilines is 1. The summed E-state index contributed by atoms with van der Waals surface area (Å²) in [6.07, 6.45) is 1.54. The molecule has 94 valence electrons. The summed E-state index contributed by atoms with van der Waals surface area (Å²) in [6.45, 7) is 6.77. The van der Waals surface area contributed by atoms with Gasteiger partial charge in [0.15, 0.2) is 5.13 Å². The van der Waals surface area contributed by atoms with E-state index in [1.165, 1.54) is 0 Å². The lowest BCUT2D eigenvalue weighted by Crippen LogP contribution is -2.49. The van der Waals surface area contributed by atoms with Gasteiger partial charge in [0.05, 0.1) is 6.10 Å². The zero-order valence-corrected chi connectivity index (χ0v) is 10.9. The van der Waals surface area contributed by atoms with Gasteiger partial charge >= 0.3 is 6.09 Å². The number of aromatic nitrogens is 1. The summed E-state index contributed by atoms with van der Waals surface area (Å²) in [4.78, 5) is 19.9. The van der Waals surface area contributed by atoms with Crippen LogP contribution in [0.5, 0.6) is 0 Å². The van der Waals surface area contributed by atoms with Crippen LogP contribution in [0.25, 0.3) is 0 Å². The van der Waals surface area contributed by atoms with Gasteiger partial charge in [-0.1, -0.05) is 0 Å². The van der Waals surface area contributed by atoms with Crippen LogP contribution in [0, 0.1) is 0 Å². The van der Waals surface area contributed by atoms with Gasteiger partial charge in [-0.3, -0.25) is 0 Å². The third-order valence-electron chi connectivity index (χ3n) is 2.56. The number of nitrogens with zero attached hydrogens (tertiary/aromatic N) is 3. The van der Waals surface area contributed by atoms with Gasteiger partial charge in [-0.25, -0.2) is 9.78 Å². The van der Waals surface area contributed by atoms with Gasteiger partial charge in [0.2, 0.25) is 0 Å². The number of hydrogen-bond acceptors (Lipinski definition) is 5. The maximum absolute atomic E-state index is 11.7. The van der Waals surface area contributed by atoms with E-state index in [1.54, 1.807) is 22.4 Å². The highest BCUT2D eigenvalue weighted by Gasteiger charge is 2.23. The Morgan fingerprint density at radius 1 is 1.41 bits per heavy atom. The van der Waals surface area contributed by atoms with Crippen molar-refractivity contribution in [2.24, 2.45) is 0 Å². The highest BCUT2D eigenvalue weighted by molar-refractivity contribution is 7.13. The normalized spacial score (nSPS) is 16.4. The summed E-state index contributed by atoms with van der Waals surface area (Å²) in [6, 6.07) is 0. The maximum Gasteiger partial charge on any atom is 0.410 e. The highest BCUT2D eigenvalue weighted by atomic mass is 32.1. The van der Waals surface area contributed by atoms with E-state index in [4.69, 9.17) is 4.74 Å². The molecule has 1 saturated heterocycles. The van der Waals surface area contributed by atoms with E-state index in [0.717, 1.165) is 18.2 Å². The fourth-order valence-electron chi connectivity index (χ4n) is 1.73. The zero-order chi connectivity index (χ0) is 12.3. The molecule has 1 aromatic heterocycles. The molecule has 1 aliphatic heterocycles. The summed E-state index contributed by atoms with van der Waals surface area (Å²) in [5, 5.41) is 3.00. The van der Waals surface area contributed by atoms with Crippen molar-refractivity contribution in [3.63, 3.8) is 0 Å². The van der Waals surface area contributed by atoms with Crippen LogP contribution < -0.4 is 4.90 Å². The lowest BCUT2D eigenvalue weighted by Gasteiger charge is -2.34. The van der Waals surface area contributed by atoms with E-state index in [0.29, 0.717) is 13.1 Å². The van der Waals surface area contributed by atoms with Crippen LogP contribution in [-0.2, 0) is 4.74 Å². The van der Waals surface area contributed by atoms with Crippen LogP contribution in [0.1, 0.15) is 13.8 Å². The Hall–Kier alpha value is -1.30. The fraction of sp³-hybridized carbons (Fsp3) is 0.636. The lowest BCUT2D eigenvalue weighted by molar-refractivity contribution is 0.0751. The summed E-state index contributed by atoms with van der Waals surface area (Å²) in [5.41, 5.74) is 0. The first-order valence-electron chi connectivity index (χ1n) is 5.77. The molecule has 2 rings (SSSR count). The van der Waals surface area contributed by atoms with Crippen LogP contribution in [-0.4, -0.2) is 48.3 Å². The number of thiazole rings is 1. The van der Waals surface area contributed by atoms with E-state index in [1.807, 2.05) is 19.2 Å². The highest BCUT2D eigenvalue weighted by Crippen LogP contribution is 2.19. The largest absolute Gasteiger partial charge is 0.447 e. The molecule has 5 nitrogen and oxygen atoms in total. The van der Waals surface area contributed by atoms with Crippen molar-refractivity contribution in [1.29, 1.82) is 0 Å². The standard InChI is InChI=1S/C11H17N3O2S/c1-9(2)16-11(15)14-6-4-13(5-7-14)10-12-3-8-17-10/h3,8-9H,4-7H2,1-2H3. The van der Waals surface area contributed by atoms with Crippen LogP contribution in [0.15, 0.2) is 11.6 Å². The van der Waals surface area contributed by atoms with E-state index < -0.39 is 0 Å². The lowest BCUT2D eigenvalue weighted by atomic mass is 10.3. The average Bonchev–Trinajstić information content (AvgIpc) is 2.82. The van der Waals surface area contributed by atoms with Crippen molar-refractivity contribution >= 4 is 22.6 Å². The first-order valence-corrected chi connectivity index (χ1v) is 6.65. The number of rotatable bonds is 2. The smallest absolute Gasteiger partial charge is 0.410 e. The first-order chi connectivity index (χ1) is 8.16. The molecule has 1 fully saturated rings. The van der Waals surface area contributed by atoms with Crippen molar-refractivity contribution in [2.75, 3.05) is 31.1 Å². The van der Waals surface area contributed by atoms with Crippen LogP contribution in [0.4, 0.5) is 9.93 Å². The predicted molar refractivity (Wildman–Crippen MR) is 67.5 cm³/mol. The molecule has 1 aliphatic rings. The topological polar surface area (TPSA) is 45.7 Å². The number of ether oxygens (including phenoxy) is 1. The predicted octanol–water partition coefficient (Wildman–Crippen LogP) is 1.81. The molecule has 0 aromatic carbocycles. The molecule has 0 N–H and O–H groups in total. The number of carbonyl (C=O) groups is 1. The summed E-state index contributed by atoms with van der Waals surface area (Å²) < 4.78 is 5.17. The van der Waals surface area contributed by atoms with E-state index in [2.05, 4.69) is 9.88 Å². The van der Waals surface area contributed by atoms with Crippen molar-refractivity contribution in [3.05, 3.63) is 11.6 Å². The molecule has 0 saturated carbocycles. The Bertz CT molecular complexity index is 359. The van der Waals surface area contributed by atoms with Gasteiger partial charge < -0.3 is 14.5 Å². The van der Waals surface area contributed by atoms with Crippen LogP contribution in [0.3, 0.4) is 0 Å². The van der Waals surface area contributed by atoms with Crippen molar-refractivity contribution in [2.45, 2.75) is 20.0 Å². The minimum absolute atomic E-state index is 0.0560. The second-order valence-corrected chi connectivity index (χ2v) is 5.09. The summed E-state index contributed by atoms with van der Waals surface area (Å²) >= 11 is 1.63. The van der Waals surface area contributed by atoms with Crippen molar-refractivity contribution < 1.29 is 9.53 Å². The van der Waals surface area contributed by atoms with Crippen LogP contribution >= 0.6 is 11.3 Å². The molecule has 2 heterocycles. The molecule has 0 radical (unpaired) electrons. The van der Waals surface area contributed by atoms with Gasteiger partial charge in [-0.2, -0.15) is 0 Å². The third-order valence-corrected chi connectivity index (χ3v) is 3.40. The number of piperazine rings is 1. The molecule has 0 atom stereocenters. The van der Waals surface area contributed by atoms with Gasteiger partial charge in [0, 0.05) is 37.8 Å². The third kappa shape index (κ3) is 3.09. The maximum atomic E-state index is 11.7. The Morgan fingerprint density at radius 3 is 2.65 bits per heavy atom. The van der Waals surface area contributed by atoms with Crippen molar-refractivity contribution in [3.8, 4) is 0 Å². The SMILES string of the molecule is CC(C)OC(=O)N1CCN(c2nccs2)CC1. The fourth-order valence-corrected chi connectivity index (χ4v) is 2.43. The summed E-state index contributed by atoms with van der Waals surface area (Å²) in [7, 11) is 0. The average molecular weight is 255 g/mol. The minimum atomic E-state index is -0.209. The van der Waals surface area contributed by atoms with Crippen molar-refractivity contribution in [1.82, 2.24) is 9.88 Å². The van der Waals surface area contributed by atoms with Gasteiger partial charge in [0.25, 0.3) is 0 Å². The molecular formula is C11H17N3O2S. The van der Waals surface area contributed by atoms with Crippen LogP contribution in [0.2, 0.25) is 0 Å². The quantitative estimate of drug-likeness (QED) is 0.808. The molecule has 0 unspecified atom stereocenters. The Kier molecular flexibility index (Phi) is 3.83. The number of carbonyl (C=O) groups excluding carboxylic acids is 1. The number of amides is 1. The number of hydrogen-bond donors (Lipinski definition) is 0. The van der Waals surface area contributed by atoms with Gasteiger partial charge in [-0.15, -0.1) is 11.3 Å². The summed E-state index contributed by atoms with van der Waals surface area (Å²) in [5.74, 6) is 0. The first kappa shape index (κ1) is 12.2. The molecule has 6 heteroatoms. The van der Waals surface area contributed by atoms with Gasteiger partial charge in [0.1, 0.15) is 0 Å². The molecule has 0 aliphatic carbocycles. The zero-order valence-electron chi connectivity index (χ0n) is 10.1. The molecule has 0 bridgehead atoms. The minimum Gasteiger partial charge on any atom is -0.447 e. The monoisotopic (exact) mass is 255 g/mol. The second-order valence-electron chi connectivity index (χ2n) is 4.22. The molecule has 0 spiro atoms. The Labute approximate surface area is 105 Å².